The van der Waals surface area contributed by atoms with Gasteiger partial charge in [0, 0.05) is 30.1 Å². The first-order valence-corrected chi connectivity index (χ1v) is 7.17. The van der Waals surface area contributed by atoms with Crippen LogP contribution in [0.4, 0.5) is 0 Å². The smallest absolute Gasteiger partial charge is 0.189 e. The number of rotatable bonds is 4. The monoisotopic (exact) mass is 305 g/mol. The third-order valence-corrected chi connectivity index (χ3v) is 3.45. The molecule has 1 heterocycles. The highest BCUT2D eigenvalue weighted by atomic mass is 16.1. The van der Waals surface area contributed by atoms with Crippen LogP contribution >= 0.6 is 0 Å². The van der Waals surface area contributed by atoms with E-state index in [1.807, 2.05) is 48.5 Å². The lowest BCUT2D eigenvalue weighted by Gasteiger charge is -2.10. The van der Waals surface area contributed by atoms with Crippen molar-refractivity contribution < 1.29 is 4.79 Å². The summed E-state index contributed by atoms with van der Waals surface area (Å²) < 4.78 is 1.61. The molecular weight excluding hydrogens is 290 g/mol. The molecule has 0 saturated heterocycles. The fraction of sp³-hybridized carbons (Fsp3) is 0.0556. The Morgan fingerprint density at radius 3 is 2.43 bits per heavy atom. The molecule has 0 aliphatic heterocycles. The summed E-state index contributed by atoms with van der Waals surface area (Å²) in [6, 6.07) is 17.9. The van der Waals surface area contributed by atoms with Crippen molar-refractivity contribution in [2.24, 2.45) is 5.10 Å². The molecule has 0 amide bonds. The molecule has 5 heteroatoms. The van der Waals surface area contributed by atoms with Crippen molar-refractivity contribution in [2.45, 2.75) is 6.92 Å². The Hall–Kier alpha value is -3.21. The number of nitrogens with zero attached hydrogens (tertiary/aromatic N) is 2. The molecule has 2 aromatic carbocycles. The third kappa shape index (κ3) is 3.03. The predicted octanol–water partition coefficient (Wildman–Crippen LogP) is 2.54. The molecule has 0 saturated carbocycles. The number of ketones is 1. The zero-order valence-corrected chi connectivity index (χ0v) is 12.6. The second-order valence-corrected chi connectivity index (χ2v) is 5.05. The van der Waals surface area contributed by atoms with Gasteiger partial charge in [0.05, 0.1) is 5.52 Å². The highest BCUT2D eigenvalue weighted by molar-refractivity contribution is 6.45. The second kappa shape index (κ2) is 6.27. The van der Waals surface area contributed by atoms with E-state index in [0.717, 1.165) is 5.56 Å². The minimum absolute atomic E-state index is 0.0579. The topological polar surface area (TPSA) is 63.5 Å². The average Bonchev–Trinajstić information content (AvgIpc) is 2.58. The third-order valence-electron chi connectivity index (χ3n) is 3.45. The highest BCUT2D eigenvalue weighted by Gasteiger charge is 2.09. The maximum Gasteiger partial charge on any atom is 0.189 e. The lowest BCUT2D eigenvalue weighted by Crippen LogP contribution is -2.19. The zero-order valence-electron chi connectivity index (χ0n) is 12.6. The number of hydrogen-bond donors (Lipinski definition) is 1. The van der Waals surface area contributed by atoms with Crippen molar-refractivity contribution in [2.75, 3.05) is 5.53 Å². The van der Waals surface area contributed by atoms with Gasteiger partial charge in [0.15, 0.2) is 11.2 Å². The number of pyridine rings is 1. The van der Waals surface area contributed by atoms with Crippen LogP contribution in [0.25, 0.3) is 10.9 Å². The van der Waals surface area contributed by atoms with Crippen molar-refractivity contribution in [1.82, 2.24) is 4.68 Å². The first-order valence-electron chi connectivity index (χ1n) is 7.17. The number of carbonyl (C=O) groups excluding carboxylic acids is 1. The highest BCUT2D eigenvalue weighted by Crippen LogP contribution is 2.08. The van der Waals surface area contributed by atoms with Crippen LogP contribution in [0.3, 0.4) is 0 Å². The van der Waals surface area contributed by atoms with Crippen molar-refractivity contribution in [3.63, 3.8) is 0 Å². The minimum atomic E-state index is -0.144. The summed E-state index contributed by atoms with van der Waals surface area (Å²) in [5, 5.41) is 4.81. The summed E-state index contributed by atoms with van der Waals surface area (Å²) in [7, 11) is 0. The van der Waals surface area contributed by atoms with Gasteiger partial charge in [-0.3, -0.25) is 9.59 Å². The van der Waals surface area contributed by atoms with Gasteiger partial charge in [-0.2, -0.15) is 5.10 Å². The summed E-state index contributed by atoms with van der Waals surface area (Å²) in [6.45, 7) is 1.47. The molecule has 3 aromatic rings. The molecule has 0 fully saturated rings. The van der Waals surface area contributed by atoms with Crippen molar-refractivity contribution in [3.05, 3.63) is 82.6 Å². The Morgan fingerprint density at radius 2 is 1.70 bits per heavy atom. The summed E-state index contributed by atoms with van der Waals surface area (Å²) in [5.41, 5.74) is 4.54. The standard InChI is InChI=1S/C18H15N3O2/c1-13(22)18(14-7-3-2-4-8-14)19-20-21-12-11-17(23)15-9-5-6-10-16(15)21/h2-12,20H,1H3. The number of carbonyl (C=O) groups is 1. The van der Waals surface area contributed by atoms with Gasteiger partial charge in [0.25, 0.3) is 0 Å². The molecule has 0 atom stereocenters. The van der Waals surface area contributed by atoms with E-state index in [9.17, 15) is 9.59 Å². The molecule has 1 N–H and O–H groups in total. The van der Waals surface area contributed by atoms with Gasteiger partial charge in [-0.1, -0.05) is 42.5 Å². The van der Waals surface area contributed by atoms with Gasteiger partial charge >= 0.3 is 0 Å². The van der Waals surface area contributed by atoms with Gasteiger partial charge in [-0.15, -0.1) is 0 Å². The summed E-state index contributed by atoms with van der Waals surface area (Å²) >= 11 is 0. The average molecular weight is 305 g/mol. The van der Waals surface area contributed by atoms with Crippen LogP contribution in [0.1, 0.15) is 12.5 Å². The summed E-state index contributed by atoms with van der Waals surface area (Å²) in [5.74, 6) is -0.144. The maximum absolute atomic E-state index is 11.9. The molecule has 1 aromatic heterocycles. The fourth-order valence-corrected chi connectivity index (χ4v) is 2.34. The maximum atomic E-state index is 11.9. The van der Waals surface area contributed by atoms with E-state index in [4.69, 9.17) is 0 Å². The number of benzene rings is 2. The van der Waals surface area contributed by atoms with E-state index in [2.05, 4.69) is 10.6 Å². The van der Waals surface area contributed by atoms with Crippen LogP contribution in [-0.2, 0) is 4.79 Å². The van der Waals surface area contributed by atoms with Crippen LogP contribution in [0, 0.1) is 0 Å². The quantitative estimate of drug-likeness (QED) is 0.595. The van der Waals surface area contributed by atoms with Crippen molar-refractivity contribution in [3.8, 4) is 0 Å². The van der Waals surface area contributed by atoms with Gasteiger partial charge in [0.1, 0.15) is 5.71 Å². The Bertz CT molecular complexity index is 943. The predicted molar refractivity (Wildman–Crippen MR) is 91.2 cm³/mol. The number of fused-ring (bicyclic) bond motifs is 1. The van der Waals surface area contributed by atoms with E-state index in [-0.39, 0.29) is 11.2 Å². The molecule has 3 rings (SSSR count). The minimum Gasteiger partial charge on any atom is -0.293 e. The molecule has 0 radical (unpaired) electrons. The van der Waals surface area contributed by atoms with Crippen LogP contribution in [0.2, 0.25) is 0 Å². The molecule has 0 unspecified atom stereocenters. The SMILES string of the molecule is CC(=O)C(=NNn1ccc(=O)c2ccccc21)c1ccccc1. The van der Waals surface area contributed by atoms with Gasteiger partial charge in [0.2, 0.25) is 0 Å². The number of hydrogen-bond acceptors (Lipinski definition) is 4. The van der Waals surface area contributed by atoms with E-state index < -0.39 is 0 Å². The molecule has 0 aliphatic carbocycles. The first-order chi connectivity index (χ1) is 11.2. The lowest BCUT2D eigenvalue weighted by atomic mass is 10.1. The van der Waals surface area contributed by atoms with E-state index in [1.54, 1.807) is 16.9 Å². The second-order valence-electron chi connectivity index (χ2n) is 5.05. The molecule has 23 heavy (non-hydrogen) atoms. The molecule has 0 bridgehead atoms. The Morgan fingerprint density at radius 1 is 1.00 bits per heavy atom. The normalized spacial score (nSPS) is 11.4. The van der Waals surface area contributed by atoms with Crippen LogP contribution < -0.4 is 11.0 Å². The van der Waals surface area contributed by atoms with Crippen LogP contribution in [0.5, 0.6) is 0 Å². The van der Waals surface area contributed by atoms with Gasteiger partial charge in [-0.05, 0) is 12.1 Å². The number of nitrogens with one attached hydrogen (secondary N) is 1. The van der Waals surface area contributed by atoms with E-state index in [1.165, 1.54) is 13.0 Å². The van der Waals surface area contributed by atoms with Crippen molar-refractivity contribution >= 4 is 22.4 Å². The summed E-state index contributed by atoms with van der Waals surface area (Å²) in [6.07, 6.45) is 1.59. The van der Waals surface area contributed by atoms with Crippen LogP contribution in [0.15, 0.2) is 76.8 Å². The zero-order chi connectivity index (χ0) is 16.2. The number of aromatic nitrogens is 1. The summed E-state index contributed by atoms with van der Waals surface area (Å²) in [4.78, 5) is 23.7. The van der Waals surface area contributed by atoms with Crippen molar-refractivity contribution in [1.29, 1.82) is 0 Å². The molecular formula is C18H15N3O2. The molecule has 114 valence electrons. The van der Waals surface area contributed by atoms with Crippen LogP contribution in [-0.4, -0.2) is 16.2 Å². The Kier molecular flexibility index (Phi) is 4.01. The van der Waals surface area contributed by atoms with Gasteiger partial charge in [-0.25, -0.2) is 10.2 Å². The number of para-hydroxylation sites is 1. The molecule has 0 aliphatic rings. The van der Waals surface area contributed by atoms with E-state index in [0.29, 0.717) is 16.6 Å². The number of hydrazone groups is 1. The molecule has 5 nitrogen and oxygen atoms in total. The number of Topliss-reactive ketones (excluding diaryl/α,β-unsaturated/α-hetero) is 1. The largest absolute Gasteiger partial charge is 0.293 e. The molecule has 0 spiro atoms. The first kappa shape index (κ1) is 14.7. The Labute approximate surface area is 132 Å². The fourth-order valence-electron chi connectivity index (χ4n) is 2.34. The lowest BCUT2D eigenvalue weighted by molar-refractivity contribution is -0.111. The van der Waals surface area contributed by atoms with Gasteiger partial charge < -0.3 is 0 Å². The Balaban J connectivity index is 2.03. The van der Waals surface area contributed by atoms with E-state index >= 15 is 0 Å².